The summed E-state index contributed by atoms with van der Waals surface area (Å²) in [6.07, 6.45) is 5.02. The fourth-order valence-corrected chi connectivity index (χ4v) is 6.39. The number of sulfonamides is 1. The van der Waals surface area contributed by atoms with Gasteiger partial charge in [0.1, 0.15) is 16.4 Å². The van der Waals surface area contributed by atoms with Crippen molar-refractivity contribution >= 4 is 48.7 Å². The number of fused-ring (bicyclic) bond motifs is 1. The number of nitrogens with zero attached hydrogens (tertiary/aromatic N) is 2. The van der Waals surface area contributed by atoms with Gasteiger partial charge in [0.05, 0.1) is 17.9 Å². The van der Waals surface area contributed by atoms with E-state index in [4.69, 9.17) is 9.84 Å². The van der Waals surface area contributed by atoms with Crippen molar-refractivity contribution in [2.75, 3.05) is 12.4 Å². The highest BCUT2D eigenvalue weighted by Gasteiger charge is 2.28. The Balaban J connectivity index is 1.56. The highest BCUT2D eigenvalue weighted by molar-refractivity contribution is 7.89. The molecular formula is C24H28N4O6S2. The van der Waals surface area contributed by atoms with Crippen LogP contribution in [0, 0.1) is 5.92 Å². The first-order valence-electron chi connectivity index (χ1n) is 11.6. The highest BCUT2D eigenvalue weighted by Crippen LogP contribution is 2.36. The second-order valence-corrected chi connectivity index (χ2v) is 11.6. The van der Waals surface area contributed by atoms with Crippen molar-refractivity contribution in [3.63, 3.8) is 0 Å². The van der Waals surface area contributed by atoms with E-state index in [1.54, 1.807) is 24.3 Å². The van der Waals surface area contributed by atoms with Crippen molar-refractivity contribution in [3.05, 3.63) is 42.0 Å². The molecule has 12 heteroatoms. The lowest BCUT2D eigenvalue weighted by atomic mass is 9.87. The van der Waals surface area contributed by atoms with Gasteiger partial charge >= 0.3 is 5.97 Å². The molecule has 1 aliphatic rings. The van der Waals surface area contributed by atoms with E-state index < -0.39 is 28.0 Å². The fourth-order valence-electron chi connectivity index (χ4n) is 4.36. The molecule has 1 fully saturated rings. The molecule has 0 saturated heterocycles. The van der Waals surface area contributed by atoms with E-state index in [0.29, 0.717) is 39.3 Å². The van der Waals surface area contributed by atoms with E-state index in [1.165, 1.54) is 37.5 Å². The van der Waals surface area contributed by atoms with Crippen molar-refractivity contribution in [1.82, 2.24) is 14.7 Å². The lowest BCUT2D eigenvalue weighted by Crippen LogP contribution is -2.38. The number of thiazole rings is 1. The number of benzene rings is 1. The smallest absolute Gasteiger partial charge is 0.321 e. The Labute approximate surface area is 213 Å². The second-order valence-electron chi connectivity index (χ2n) is 8.88. The average Bonchev–Trinajstić information content (AvgIpc) is 3.51. The molecule has 10 nitrogen and oxygen atoms in total. The van der Waals surface area contributed by atoms with Crippen LogP contribution in [-0.2, 0) is 19.6 Å². The Morgan fingerprint density at radius 2 is 1.83 bits per heavy atom. The van der Waals surface area contributed by atoms with Gasteiger partial charge in [-0.15, -0.1) is 0 Å². The molecule has 2 heterocycles. The summed E-state index contributed by atoms with van der Waals surface area (Å²) in [4.78, 5) is 33.9. The number of anilines is 1. The molecule has 192 valence electrons. The zero-order valence-corrected chi connectivity index (χ0v) is 21.6. The summed E-state index contributed by atoms with van der Waals surface area (Å²) in [6.45, 7) is 1.25. The molecule has 1 saturated carbocycles. The molecule has 0 bridgehead atoms. The fraction of sp³-hybridized carbons (Fsp3) is 0.417. The molecule has 0 spiro atoms. The number of hydrogen-bond donors (Lipinski definition) is 3. The normalized spacial score (nSPS) is 16.1. The summed E-state index contributed by atoms with van der Waals surface area (Å²) in [5.74, 6) is -1.12. The molecule has 3 aromatic rings. The number of nitrogens with one attached hydrogen (secondary N) is 2. The molecule has 2 aromatic heterocycles. The third-order valence-electron chi connectivity index (χ3n) is 6.32. The predicted molar refractivity (Wildman–Crippen MR) is 136 cm³/mol. The van der Waals surface area contributed by atoms with Gasteiger partial charge in [0.15, 0.2) is 5.13 Å². The minimum Gasteiger partial charge on any atom is -0.481 e. The largest absolute Gasteiger partial charge is 0.481 e. The van der Waals surface area contributed by atoms with Crippen molar-refractivity contribution in [2.45, 2.75) is 55.9 Å². The number of hydrogen-bond acceptors (Lipinski definition) is 8. The van der Waals surface area contributed by atoms with Gasteiger partial charge in [-0.05, 0) is 43.0 Å². The Morgan fingerprint density at radius 3 is 2.47 bits per heavy atom. The number of aromatic nitrogens is 2. The Morgan fingerprint density at radius 1 is 1.14 bits per heavy atom. The summed E-state index contributed by atoms with van der Waals surface area (Å²) in [6, 6.07) is 8.25. The van der Waals surface area contributed by atoms with Crippen LogP contribution < -0.4 is 14.8 Å². The molecular weight excluding hydrogens is 504 g/mol. The van der Waals surface area contributed by atoms with Gasteiger partial charge in [-0.3, -0.25) is 9.59 Å². The van der Waals surface area contributed by atoms with Crippen LogP contribution in [0.3, 0.4) is 0 Å². The number of rotatable bonds is 10. The van der Waals surface area contributed by atoms with Crippen LogP contribution >= 0.6 is 11.3 Å². The molecule has 4 rings (SSSR count). The number of aliphatic carboxylic acids is 1. The summed E-state index contributed by atoms with van der Waals surface area (Å²) < 4.78 is 32.4. The monoisotopic (exact) mass is 532 g/mol. The first-order valence-corrected chi connectivity index (χ1v) is 13.9. The standard InChI is InChI=1S/C24H28N4O6S2/c1-14(23(30)31)28-36(32,33)17-9-7-16(8-10-17)18(13-15-5-3-4-6-15)21(29)27-24-25-19-11-12-20(34-2)26-22(19)35-24/h7-12,14-15,18,28H,3-6,13H2,1-2H3,(H,30,31)(H,25,27,29)/t14-,18+/m0/s1. The van der Waals surface area contributed by atoms with E-state index in [9.17, 15) is 18.0 Å². The van der Waals surface area contributed by atoms with Crippen LogP contribution in [0.25, 0.3) is 10.3 Å². The minimum atomic E-state index is -4.02. The van der Waals surface area contributed by atoms with Gasteiger partial charge in [0.25, 0.3) is 0 Å². The zero-order valence-electron chi connectivity index (χ0n) is 19.9. The van der Waals surface area contributed by atoms with Crippen LogP contribution in [0.15, 0.2) is 41.3 Å². The first kappa shape index (κ1) is 26.0. The predicted octanol–water partition coefficient (Wildman–Crippen LogP) is 3.75. The summed E-state index contributed by atoms with van der Waals surface area (Å²) in [5, 5.41) is 12.4. The summed E-state index contributed by atoms with van der Waals surface area (Å²) in [5.41, 5.74) is 1.34. The SMILES string of the molecule is COc1ccc2nc(NC(=O)[C@H](CC3CCCC3)c3ccc(S(=O)(=O)N[C@@H](C)C(=O)O)cc3)sc2n1. The van der Waals surface area contributed by atoms with E-state index in [0.717, 1.165) is 25.7 Å². The van der Waals surface area contributed by atoms with Crippen molar-refractivity contribution in [2.24, 2.45) is 5.92 Å². The number of carbonyl (C=O) groups excluding carboxylic acids is 1. The van der Waals surface area contributed by atoms with Crippen molar-refractivity contribution in [3.8, 4) is 5.88 Å². The van der Waals surface area contributed by atoms with E-state index >= 15 is 0 Å². The summed E-state index contributed by atoms with van der Waals surface area (Å²) >= 11 is 1.25. The third kappa shape index (κ3) is 6.00. The molecule has 1 aliphatic carbocycles. The minimum absolute atomic E-state index is 0.0643. The number of carboxylic acid groups (broad SMARTS) is 1. The summed E-state index contributed by atoms with van der Waals surface area (Å²) in [7, 11) is -2.48. The van der Waals surface area contributed by atoms with Crippen LogP contribution in [0.5, 0.6) is 5.88 Å². The number of methoxy groups -OCH3 is 1. The van der Waals surface area contributed by atoms with Crippen LogP contribution in [0.4, 0.5) is 5.13 Å². The van der Waals surface area contributed by atoms with E-state index in [2.05, 4.69) is 20.0 Å². The van der Waals surface area contributed by atoms with E-state index in [-0.39, 0.29) is 10.8 Å². The Hall–Kier alpha value is -3.09. The number of carbonyl (C=O) groups is 2. The maximum absolute atomic E-state index is 13.4. The van der Waals surface area contributed by atoms with Gasteiger partial charge in [0, 0.05) is 6.07 Å². The van der Waals surface area contributed by atoms with Crippen LogP contribution in [-0.4, -0.2) is 48.5 Å². The third-order valence-corrected chi connectivity index (χ3v) is 8.76. The van der Waals surface area contributed by atoms with E-state index in [1.807, 2.05) is 0 Å². The molecule has 0 radical (unpaired) electrons. The number of carboxylic acids is 1. The lowest BCUT2D eigenvalue weighted by Gasteiger charge is -2.20. The first-order chi connectivity index (χ1) is 17.2. The maximum atomic E-state index is 13.4. The van der Waals surface area contributed by atoms with Gasteiger partial charge in [0.2, 0.25) is 21.8 Å². The molecule has 36 heavy (non-hydrogen) atoms. The number of amides is 1. The lowest BCUT2D eigenvalue weighted by molar-refractivity contribution is -0.138. The van der Waals surface area contributed by atoms with Gasteiger partial charge in [-0.2, -0.15) is 4.72 Å². The highest BCUT2D eigenvalue weighted by atomic mass is 32.2. The molecule has 0 unspecified atom stereocenters. The second kappa shape index (κ2) is 10.9. The van der Waals surface area contributed by atoms with Crippen LogP contribution in [0.1, 0.15) is 50.5 Å². The van der Waals surface area contributed by atoms with Crippen molar-refractivity contribution < 1.29 is 27.9 Å². The zero-order chi connectivity index (χ0) is 25.9. The maximum Gasteiger partial charge on any atom is 0.321 e. The van der Waals surface area contributed by atoms with Crippen molar-refractivity contribution in [1.29, 1.82) is 0 Å². The molecule has 0 aliphatic heterocycles. The Kier molecular flexibility index (Phi) is 7.86. The van der Waals surface area contributed by atoms with Gasteiger partial charge in [-0.1, -0.05) is 49.2 Å². The Bertz CT molecular complexity index is 1350. The molecule has 1 amide bonds. The topological polar surface area (TPSA) is 148 Å². The number of ether oxygens (including phenoxy) is 1. The molecule has 1 aromatic carbocycles. The molecule has 2 atom stereocenters. The van der Waals surface area contributed by atoms with Gasteiger partial charge in [-0.25, -0.2) is 18.4 Å². The van der Waals surface area contributed by atoms with Gasteiger partial charge < -0.3 is 15.2 Å². The average molecular weight is 533 g/mol. The quantitative estimate of drug-likeness (QED) is 0.358. The number of pyridine rings is 1. The van der Waals surface area contributed by atoms with Crippen LogP contribution in [0.2, 0.25) is 0 Å². The molecule has 3 N–H and O–H groups in total.